The summed E-state index contributed by atoms with van der Waals surface area (Å²) < 4.78 is 38.9. The van der Waals surface area contributed by atoms with Gasteiger partial charge in [-0.3, -0.25) is 4.98 Å². The Labute approximate surface area is 155 Å². The normalized spacial score (nSPS) is 11.0. The van der Waals surface area contributed by atoms with Crippen LogP contribution in [0.1, 0.15) is 5.56 Å². The number of ether oxygens (including phenoxy) is 3. The van der Waals surface area contributed by atoms with Crippen LogP contribution >= 0.6 is 0 Å². The van der Waals surface area contributed by atoms with E-state index in [1.807, 2.05) is 37.3 Å². The van der Waals surface area contributed by atoms with Gasteiger partial charge in [-0.15, -0.1) is 0 Å². The highest BCUT2D eigenvalue weighted by Gasteiger charge is 2.09. The van der Waals surface area contributed by atoms with E-state index in [9.17, 15) is 8.78 Å². The third-order valence-electron chi connectivity index (χ3n) is 3.94. The van der Waals surface area contributed by atoms with E-state index in [2.05, 4.69) is 15.0 Å². The molecule has 7 heteroatoms. The summed E-state index contributed by atoms with van der Waals surface area (Å²) in [6, 6.07) is 13.2. The lowest BCUT2D eigenvalue weighted by Crippen LogP contribution is -2.09. The number of rotatable bonds is 8. The lowest BCUT2D eigenvalue weighted by molar-refractivity contribution is -0.133. The molecule has 0 radical (unpaired) electrons. The van der Waals surface area contributed by atoms with Gasteiger partial charge in [-0.05, 0) is 36.8 Å². The minimum atomic E-state index is -2.80. The Balaban J connectivity index is 1.77. The summed E-state index contributed by atoms with van der Waals surface area (Å²) in [7, 11) is 1.55. The van der Waals surface area contributed by atoms with Crippen molar-refractivity contribution in [1.29, 1.82) is 0 Å². The molecular weight excluding hydrogens is 354 g/mol. The summed E-state index contributed by atoms with van der Waals surface area (Å²) in [4.78, 5) is 4.40. The first-order valence-corrected chi connectivity index (χ1v) is 8.40. The van der Waals surface area contributed by atoms with Gasteiger partial charge in [0.05, 0.1) is 24.9 Å². The Hall–Kier alpha value is -2.93. The van der Waals surface area contributed by atoms with Crippen molar-refractivity contribution in [2.45, 2.75) is 13.5 Å². The molecule has 3 rings (SSSR count). The number of hydrogen-bond acceptors (Lipinski definition) is 5. The van der Waals surface area contributed by atoms with Crippen LogP contribution in [-0.4, -0.2) is 31.9 Å². The molecule has 5 nitrogen and oxygen atoms in total. The van der Waals surface area contributed by atoms with Gasteiger partial charge in [0.25, 0.3) is 0 Å². The average Bonchev–Trinajstić information content (AvgIpc) is 2.66. The van der Waals surface area contributed by atoms with E-state index in [4.69, 9.17) is 9.47 Å². The van der Waals surface area contributed by atoms with E-state index in [0.717, 1.165) is 27.8 Å². The molecule has 0 unspecified atom stereocenters. The molecular formula is C20H20F2N2O3. The second-order valence-electron chi connectivity index (χ2n) is 5.85. The Morgan fingerprint density at radius 3 is 2.67 bits per heavy atom. The highest BCUT2D eigenvalue weighted by Crippen LogP contribution is 2.33. The van der Waals surface area contributed by atoms with Gasteiger partial charge in [-0.2, -0.15) is 8.78 Å². The number of alkyl halides is 2. The van der Waals surface area contributed by atoms with Crippen LogP contribution in [0.2, 0.25) is 0 Å². The van der Waals surface area contributed by atoms with Gasteiger partial charge in [-0.1, -0.05) is 12.1 Å². The molecule has 0 aliphatic rings. The van der Waals surface area contributed by atoms with Gasteiger partial charge >= 0.3 is 6.61 Å². The van der Waals surface area contributed by atoms with Crippen molar-refractivity contribution in [2.75, 3.05) is 25.6 Å². The number of hydrogen-bond donors (Lipinski definition) is 1. The lowest BCUT2D eigenvalue weighted by atomic mass is 10.1. The molecule has 2 aromatic carbocycles. The smallest absolute Gasteiger partial charge is 0.345 e. The molecule has 0 fully saturated rings. The largest absolute Gasteiger partial charge is 0.494 e. The van der Waals surface area contributed by atoms with E-state index in [1.54, 1.807) is 25.4 Å². The zero-order chi connectivity index (χ0) is 19.2. The van der Waals surface area contributed by atoms with E-state index in [-0.39, 0.29) is 13.2 Å². The molecule has 0 saturated carbocycles. The van der Waals surface area contributed by atoms with Gasteiger partial charge in [-0.25, -0.2) is 0 Å². The van der Waals surface area contributed by atoms with Crippen LogP contribution in [0.25, 0.3) is 10.9 Å². The predicted octanol–water partition coefficient (Wildman–Crippen LogP) is 4.91. The Kier molecular flexibility index (Phi) is 6.03. The van der Waals surface area contributed by atoms with Crippen molar-refractivity contribution in [3.8, 4) is 11.5 Å². The number of aryl methyl sites for hydroxylation is 1. The van der Waals surface area contributed by atoms with Gasteiger partial charge in [0.2, 0.25) is 0 Å². The first kappa shape index (κ1) is 18.8. The first-order valence-electron chi connectivity index (χ1n) is 8.40. The molecule has 1 aromatic heterocycles. The van der Waals surface area contributed by atoms with E-state index < -0.39 is 6.61 Å². The number of anilines is 2. The second-order valence-corrected chi connectivity index (χ2v) is 5.85. The Morgan fingerprint density at radius 2 is 1.89 bits per heavy atom. The highest BCUT2D eigenvalue weighted by molar-refractivity contribution is 5.93. The number of methoxy groups -OCH3 is 1. The monoisotopic (exact) mass is 374 g/mol. The van der Waals surface area contributed by atoms with Gasteiger partial charge in [0.1, 0.15) is 18.1 Å². The second kappa shape index (κ2) is 8.64. The average molecular weight is 374 g/mol. The van der Waals surface area contributed by atoms with Crippen molar-refractivity contribution in [3.05, 3.63) is 54.2 Å². The minimum Gasteiger partial charge on any atom is -0.494 e. The van der Waals surface area contributed by atoms with Crippen molar-refractivity contribution in [3.63, 3.8) is 0 Å². The van der Waals surface area contributed by atoms with Crippen LogP contribution in [-0.2, 0) is 4.74 Å². The van der Waals surface area contributed by atoms with Crippen LogP contribution in [0, 0.1) is 6.92 Å². The van der Waals surface area contributed by atoms with Gasteiger partial charge < -0.3 is 19.5 Å². The number of nitrogens with one attached hydrogen (secondary N) is 1. The van der Waals surface area contributed by atoms with Crippen molar-refractivity contribution in [1.82, 2.24) is 4.98 Å². The number of fused-ring (bicyclic) bond motifs is 1. The zero-order valence-corrected chi connectivity index (χ0v) is 15.0. The molecule has 0 aliphatic heterocycles. The number of pyridine rings is 1. The summed E-state index contributed by atoms with van der Waals surface area (Å²) >= 11 is 0. The summed E-state index contributed by atoms with van der Waals surface area (Å²) in [6.45, 7) is -0.944. The molecule has 1 N–H and O–H groups in total. The Morgan fingerprint density at radius 1 is 1.04 bits per heavy atom. The molecule has 0 saturated heterocycles. The van der Waals surface area contributed by atoms with Crippen LogP contribution in [0.5, 0.6) is 11.5 Å². The topological polar surface area (TPSA) is 52.6 Å². The van der Waals surface area contributed by atoms with E-state index >= 15 is 0 Å². The fourth-order valence-corrected chi connectivity index (χ4v) is 2.67. The van der Waals surface area contributed by atoms with Crippen molar-refractivity contribution < 1.29 is 23.0 Å². The third-order valence-corrected chi connectivity index (χ3v) is 3.94. The third kappa shape index (κ3) is 4.83. The maximum atomic E-state index is 12.0. The quantitative estimate of drug-likeness (QED) is 0.568. The van der Waals surface area contributed by atoms with Crippen LogP contribution in [0.3, 0.4) is 0 Å². The highest BCUT2D eigenvalue weighted by atomic mass is 19.3. The molecule has 0 atom stereocenters. The fraction of sp³-hybridized carbons (Fsp3) is 0.250. The van der Waals surface area contributed by atoms with E-state index in [1.165, 1.54) is 0 Å². The van der Waals surface area contributed by atoms with Crippen LogP contribution in [0.15, 0.2) is 48.7 Å². The predicted molar refractivity (Wildman–Crippen MR) is 100 cm³/mol. The molecule has 142 valence electrons. The van der Waals surface area contributed by atoms with Crippen molar-refractivity contribution in [2.24, 2.45) is 0 Å². The summed E-state index contributed by atoms with van der Waals surface area (Å²) in [6.07, 6.45) is 1.75. The molecule has 0 bridgehead atoms. The molecule has 1 heterocycles. The van der Waals surface area contributed by atoms with Crippen LogP contribution in [0.4, 0.5) is 20.2 Å². The zero-order valence-electron chi connectivity index (χ0n) is 15.0. The number of nitrogens with zero attached hydrogens (tertiary/aromatic N) is 1. The summed E-state index contributed by atoms with van der Waals surface area (Å²) in [5.41, 5.74) is 3.69. The van der Waals surface area contributed by atoms with Gasteiger partial charge in [0, 0.05) is 23.3 Å². The number of benzene rings is 2. The van der Waals surface area contributed by atoms with Crippen molar-refractivity contribution >= 4 is 22.3 Å². The fourth-order valence-electron chi connectivity index (χ4n) is 2.67. The molecule has 0 amide bonds. The summed E-state index contributed by atoms with van der Waals surface area (Å²) in [5.74, 6) is 1.07. The molecule has 0 spiro atoms. The summed E-state index contributed by atoms with van der Waals surface area (Å²) in [5, 5.41) is 4.35. The molecule has 0 aliphatic carbocycles. The molecule has 27 heavy (non-hydrogen) atoms. The SMILES string of the molecule is COc1cc(OCCOC(F)F)ccc1Nc1ccnc2cc(C)ccc12. The Bertz CT molecular complexity index is 919. The lowest BCUT2D eigenvalue weighted by Gasteiger charge is -2.15. The molecule has 3 aromatic rings. The maximum absolute atomic E-state index is 12.0. The van der Waals surface area contributed by atoms with E-state index in [0.29, 0.717) is 11.5 Å². The standard InChI is InChI=1S/C20H20F2N2O3/c1-13-3-5-15-16(7-8-23-18(15)11-13)24-17-6-4-14(12-19(17)25-2)26-9-10-27-20(21)22/h3-8,11-12,20H,9-10H2,1-2H3,(H,23,24). The maximum Gasteiger partial charge on any atom is 0.345 e. The van der Waals surface area contributed by atoms with Gasteiger partial charge in [0.15, 0.2) is 0 Å². The minimum absolute atomic E-state index is 0.0224. The first-order chi connectivity index (χ1) is 13.1. The number of aromatic nitrogens is 1. The number of halogens is 2. The van der Waals surface area contributed by atoms with Crippen LogP contribution < -0.4 is 14.8 Å².